The highest BCUT2D eigenvalue weighted by atomic mass is 35.5. The molecule has 1 aliphatic heterocycles. The van der Waals surface area contributed by atoms with Gasteiger partial charge < -0.3 is 10.2 Å². The second-order valence-corrected chi connectivity index (χ2v) is 9.39. The molecule has 0 radical (unpaired) electrons. The lowest BCUT2D eigenvalue weighted by Crippen LogP contribution is -2.48. The number of aromatic nitrogens is 2. The van der Waals surface area contributed by atoms with Crippen LogP contribution >= 0.6 is 11.6 Å². The number of benzene rings is 2. The van der Waals surface area contributed by atoms with Crippen LogP contribution in [0.3, 0.4) is 0 Å². The van der Waals surface area contributed by atoms with Crippen molar-refractivity contribution in [2.24, 2.45) is 0 Å². The van der Waals surface area contributed by atoms with Crippen molar-refractivity contribution in [3.8, 4) is 5.69 Å². The topological polar surface area (TPSA) is 53.4 Å². The van der Waals surface area contributed by atoms with E-state index >= 15 is 0 Å². The summed E-state index contributed by atoms with van der Waals surface area (Å²) in [5.74, 6) is 0.351. The van der Waals surface area contributed by atoms with Crippen LogP contribution in [0.25, 0.3) is 5.69 Å². The lowest BCUT2D eigenvalue weighted by Gasteiger charge is -2.36. The van der Waals surface area contributed by atoms with E-state index in [1.165, 1.54) is 5.69 Å². The average molecular weight is 464 g/mol. The maximum absolute atomic E-state index is 13.0. The van der Waals surface area contributed by atoms with Crippen LogP contribution in [0.2, 0.25) is 5.02 Å². The molecule has 1 aromatic heterocycles. The molecule has 33 heavy (non-hydrogen) atoms. The number of nitrogens with zero attached hydrogens (tertiary/aromatic N) is 4. The van der Waals surface area contributed by atoms with Gasteiger partial charge in [-0.3, -0.25) is 9.69 Å². The summed E-state index contributed by atoms with van der Waals surface area (Å²) in [4.78, 5) is 17.9. The first kappa shape index (κ1) is 22.0. The molecule has 1 aliphatic carbocycles. The monoisotopic (exact) mass is 463 g/mol. The molecule has 2 heterocycles. The molecule has 3 aromatic rings. The van der Waals surface area contributed by atoms with Gasteiger partial charge >= 0.3 is 0 Å². The molecule has 172 valence electrons. The van der Waals surface area contributed by atoms with Gasteiger partial charge in [0.1, 0.15) is 0 Å². The molecule has 1 N–H and O–H groups in total. The number of anilines is 1. The van der Waals surface area contributed by atoms with Gasteiger partial charge in [0.05, 0.1) is 23.1 Å². The van der Waals surface area contributed by atoms with Crippen LogP contribution in [-0.4, -0.2) is 59.9 Å². The van der Waals surface area contributed by atoms with E-state index in [1.807, 2.05) is 29.8 Å². The summed E-state index contributed by atoms with van der Waals surface area (Å²) in [7, 11) is 0. The molecule has 1 amide bonds. The van der Waals surface area contributed by atoms with Crippen molar-refractivity contribution in [1.82, 2.24) is 20.0 Å². The minimum atomic E-state index is -0.0377. The molecule has 2 aliphatic rings. The Balaban J connectivity index is 1.18. The minimum absolute atomic E-state index is 0.0377. The van der Waals surface area contributed by atoms with E-state index in [1.54, 1.807) is 6.20 Å². The molecular formula is C26H30ClN5O. The van der Waals surface area contributed by atoms with Crippen LogP contribution in [-0.2, 0) is 0 Å². The number of hydrogen-bond donors (Lipinski definition) is 1. The Morgan fingerprint density at radius 3 is 2.52 bits per heavy atom. The Morgan fingerprint density at radius 2 is 1.82 bits per heavy atom. The first-order chi connectivity index (χ1) is 16.1. The van der Waals surface area contributed by atoms with E-state index in [-0.39, 0.29) is 5.91 Å². The quantitative estimate of drug-likeness (QED) is 0.568. The molecule has 6 nitrogen and oxygen atoms in total. The van der Waals surface area contributed by atoms with Crippen LogP contribution in [0.15, 0.2) is 54.7 Å². The standard InChI is InChI=1S/C26H30ClN5O/c1-19-7-10-22(17-24(19)27)32-25(20-8-9-20)23(18-29-32)26(33)28-11-12-30-13-15-31(16-14-30)21-5-3-2-4-6-21/h2-7,10,17-18,20H,8-9,11-16H2,1H3,(H,28,33). The summed E-state index contributed by atoms with van der Waals surface area (Å²) in [6.45, 7) is 7.50. The predicted molar refractivity (Wildman–Crippen MR) is 133 cm³/mol. The Labute approximate surface area is 200 Å². The highest BCUT2D eigenvalue weighted by molar-refractivity contribution is 6.31. The van der Waals surface area contributed by atoms with Gasteiger partial charge in [0.25, 0.3) is 5.91 Å². The zero-order chi connectivity index (χ0) is 22.8. The van der Waals surface area contributed by atoms with Gasteiger partial charge in [-0.15, -0.1) is 0 Å². The zero-order valence-corrected chi connectivity index (χ0v) is 19.8. The third-order valence-corrected chi connectivity index (χ3v) is 7.03. The van der Waals surface area contributed by atoms with Crippen LogP contribution in [0.5, 0.6) is 0 Å². The average Bonchev–Trinajstić information content (AvgIpc) is 3.59. The van der Waals surface area contributed by atoms with Crippen molar-refractivity contribution in [3.05, 3.63) is 76.6 Å². The fourth-order valence-corrected chi connectivity index (χ4v) is 4.67. The number of nitrogens with one attached hydrogen (secondary N) is 1. The van der Waals surface area contributed by atoms with Crippen LogP contribution in [0.1, 0.15) is 40.4 Å². The molecule has 0 unspecified atom stereocenters. The molecule has 2 fully saturated rings. The highest BCUT2D eigenvalue weighted by Gasteiger charge is 2.33. The fraction of sp³-hybridized carbons (Fsp3) is 0.385. The fourth-order valence-electron chi connectivity index (χ4n) is 4.49. The van der Waals surface area contributed by atoms with Gasteiger partial charge in [-0.05, 0) is 49.6 Å². The molecule has 5 rings (SSSR count). The van der Waals surface area contributed by atoms with Gasteiger partial charge in [0.15, 0.2) is 0 Å². The summed E-state index contributed by atoms with van der Waals surface area (Å²) < 4.78 is 1.89. The number of piperazine rings is 1. The smallest absolute Gasteiger partial charge is 0.254 e. The Hall–Kier alpha value is -2.83. The number of carbonyl (C=O) groups is 1. The molecule has 1 saturated carbocycles. The van der Waals surface area contributed by atoms with Gasteiger partial charge in [0, 0.05) is 55.9 Å². The van der Waals surface area contributed by atoms with E-state index in [9.17, 15) is 4.79 Å². The van der Waals surface area contributed by atoms with Crippen molar-refractivity contribution in [3.63, 3.8) is 0 Å². The first-order valence-electron chi connectivity index (χ1n) is 11.7. The molecule has 2 aromatic carbocycles. The third kappa shape index (κ3) is 4.92. The highest BCUT2D eigenvalue weighted by Crippen LogP contribution is 2.42. The zero-order valence-electron chi connectivity index (χ0n) is 19.0. The normalized spacial score (nSPS) is 16.7. The second-order valence-electron chi connectivity index (χ2n) is 8.98. The van der Waals surface area contributed by atoms with E-state index in [2.05, 4.69) is 50.5 Å². The number of amides is 1. The van der Waals surface area contributed by atoms with E-state index in [0.717, 1.165) is 62.5 Å². The minimum Gasteiger partial charge on any atom is -0.369 e. The number of aryl methyl sites for hydroxylation is 1. The number of para-hydroxylation sites is 1. The van der Waals surface area contributed by atoms with Crippen molar-refractivity contribution in [2.45, 2.75) is 25.7 Å². The van der Waals surface area contributed by atoms with Crippen molar-refractivity contribution >= 4 is 23.2 Å². The number of halogens is 1. The predicted octanol–water partition coefficient (Wildman–Crippen LogP) is 4.26. The largest absolute Gasteiger partial charge is 0.369 e. The summed E-state index contributed by atoms with van der Waals surface area (Å²) in [6, 6.07) is 16.5. The number of rotatable bonds is 7. The molecule has 0 spiro atoms. The Kier molecular flexibility index (Phi) is 6.38. The maximum atomic E-state index is 13.0. The summed E-state index contributed by atoms with van der Waals surface area (Å²) in [6.07, 6.45) is 3.89. The molecular weight excluding hydrogens is 434 g/mol. The van der Waals surface area contributed by atoms with Crippen molar-refractivity contribution in [1.29, 1.82) is 0 Å². The second kappa shape index (κ2) is 9.57. The van der Waals surface area contributed by atoms with Gasteiger partial charge in [-0.1, -0.05) is 35.9 Å². The van der Waals surface area contributed by atoms with Crippen LogP contribution in [0, 0.1) is 6.92 Å². The SMILES string of the molecule is Cc1ccc(-n2ncc(C(=O)NCCN3CCN(c4ccccc4)CC3)c2C2CC2)cc1Cl. The van der Waals surface area contributed by atoms with E-state index in [4.69, 9.17) is 11.6 Å². The van der Waals surface area contributed by atoms with Crippen LogP contribution in [0.4, 0.5) is 5.69 Å². The Bertz CT molecular complexity index is 1120. The summed E-state index contributed by atoms with van der Waals surface area (Å²) in [5.41, 5.74) is 4.91. The lowest BCUT2D eigenvalue weighted by molar-refractivity contribution is 0.0946. The molecule has 0 atom stereocenters. The van der Waals surface area contributed by atoms with Crippen molar-refractivity contribution in [2.75, 3.05) is 44.2 Å². The first-order valence-corrected chi connectivity index (χ1v) is 12.1. The van der Waals surface area contributed by atoms with Crippen molar-refractivity contribution < 1.29 is 4.79 Å². The number of hydrogen-bond acceptors (Lipinski definition) is 4. The third-order valence-electron chi connectivity index (χ3n) is 6.62. The van der Waals surface area contributed by atoms with E-state index in [0.29, 0.717) is 23.0 Å². The lowest BCUT2D eigenvalue weighted by atomic mass is 10.1. The summed E-state index contributed by atoms with van der Waals surface area (Å²) >= 11 is 6.34. The van der Waals surface area contributed by atoms with Gasteiger partial charge in [0.2, 0.25) is 0 Å². The maximum Gasteiger partial charge on any atom is 0.254 e. The van der Waals surface area contributed by atoms with Gasteiger partial charge in [-0.25, -0.2) is 4.68 Å². The van der Waals surface area contributed by atoms with Crippen LogP contribution < -0.4 is 10.2 Å². The van der Waals surface area contributed by atoms with Gasteiger partial charge in [-0.2, -0.15) is 5.10 Å². The number of carbonyl (C=O) groups excluding carboxylic acids is 1. The summed E-state index contributed by atoms with van der Waals surface area (Å²) in [5, 5.41) is 8.39. The molecule has 0 bridgehead atoms. The van der Waals surface area contributed by atoms with E-state index < -0.39 is 0 Å². The molecule has 1 saturated heterocycles. The molecule has 7 heteroatoms. The Morgan fingerprint density at radius 1 is 1.06 bits per heavy atom.